The lowest BCUT2D eigenvalue weighted by Gasteiger charge is -1.99. The molecule has 1 aromatic heterocycles. The molecule has 0 fully saturated rings. The van der Waals surface area contributed by atoms with Crippen molar-refractivity contribution in [1.29, 1.82) is 0 Å². The second-order valence-corrected chi connectivity index (χ2v) is 5.33. The van der Waals surface area contributed by atoms with Gasteiger partial charge in [0.25, 0.3) is 0 Å². The summed E-state index contributed by atoms with van der Waals surface area (Å²) in [6, 6.07) is 5.16. The summed E-state index contributed by atoms with van der Waals surface area (Å²) in [5.41, 5.74) is 2.03. The molecule has 0 aliphatic carbocycles. The Kier molecular flexibility index (Phi) is 6.50. The highest BCUT2D eigenvalue weighted by molar-refractivity contribution is 5.43. The highest BCUT2D eigenvalue weighted by Crippen LogP contribution is 2.11. The van der Waals surface area contributed by atoms with Crippen LogP contribution in [0.5, 0.6) is 0 Å². The second kappa shape index (κ2) is 8.85. The van der Waals surface area contributed by atoms with Crippen LogP contribution < -0.4 is 0 Å². The van der Waals surface area contributed by atoms with Gasteiger partial charge in [0.1, 0.15) is 11.6 Å². The second-order valence-electron chi connectivity index (χ2n) is 5.33. The average molecular weight is 308 g/mol. The molecule has 0 saturated carbocycles. The Morgan fingerprint density at radius 3 is 2.61 bits per heavy atom. The topological polar surface area (TPSA) is 25.8 Å². The number of aryl methyl sites for hydroxylation is 1. The van der Waals surface area contributed by atoms with E-state index < -0.39 is 0 Å². The van der Waals surface area contributed by atoms with Crippen LogP contribution in [0.3, 0.4) is 0 Å². The molecule has 0 aliphatic heterocycles. The Hall–Kier alpha value is -2.47. The normalized spacial score (nSPS) is 10.6. The van der Waals surface area contributed by atoms with Gasteiger partial charge in [-0.1, -0.05) is 43.4 Å². The highest BCUT2D eigenvalue weighted by atomic mass is 19.1. The van der Waals surface area contributed by atoms with Gasteiger partial charge in [-0.05, 0) is 37.5 Å². The van der Waals surface area contributed by atoms with E-state index in [1.165, 1.54) is 6.07 Å². The van der Waals surface area contributed by atoms with Crippen molar-refractivity contribution in [3.8, 4) is 11.8 Å². The molecule has 0 bridgehead atoms. The van der Waals surface area contributed by atoms with E-state index in [1.54, 1.807) is 18.5 Å². The summed E-state index contributed by atoms with van der Waals surface area (Å²) < 4.78 is 14.0. The monoisotopic (exact) mass is 308 g/mol. The van der Waals surface area contributed by atoms with Crippen molar-refractivity contribution < 1.29 is 4.39 Å². The van der Waals surface area contributed by atoms with Crippen LogP contribution in [0, 0.1) is 17.7 Å². The molecule has 0 atom stereocenters. The molecule has 0 saturated heterocycles. The third-order valence-corrected chi connectivity index (χ3v) is 3.42. The summed E-state index contributed by atoms with van der Waals surface area (Å²) in [4.78, 5) is 8.57. The lowest BCUT2D eigenvalue weighted by molar-refractivity contribution is 0.622. The predicted molar refractivity (Wildman–Crippen MR) is 91.5 cm³/mol. The van der Waals surface area contributed by atoms with E-state index in [-0.39, 0.29) is 5.82 Å². The minimum atomic E-state index is -0.292. The van der Waals surface area contributed by atoms with Crippen LogP contribution in [-0.2, 0) is 12.8 Å². The minimum Gasteiger partial charge on any atom is -0.240 e. The number of rotatable bonds is 5. The fourth-order valence-electron chi connectivity index (χ4n) is 2.06. The maximum Gasteiger partial charge on any atom is 0.139 e. The Bertz CT molecular complexity index is 722. The van der Waals surface area contributed by atoms with E-state index in [0.717, 1.165) is 37.1 Å². The predicted octanol–water partition coefficient (Wildman–Crippen LogP) is 4.48. The number of benzene rings is 1. The number of aromatic nitrogens is 2. The number of halogens is 1. The van der Waals surface area contributed by atoms with Gasteiger partial charge in [-0.15, -0.1) is 0 Å². The van der Waals surface area contributed by atoms with Crippen LogP contribution in [-0.4, -0.2) is 9.97 Å². The lowest BCUT2D eigenvalue weighted by Crippen LogP contribution is -1.95. The molecule has 0 radical (unpaired) electrons. The molecule has 0 spiro atoms. The number of hydrogen-bond donors (Lipinski definition) is 0. The number of unbranched alkanes of at least 4 members (excludes halogenated alkanes) is 1. The standard InChI is InChI=1S/C20H21FN2/c1-3-5-7-16-9-11-18(19(21)13-16)12-10-17-14-22-20(23-15-17)8-6-4-2/h3,5,9,11,13-15H,4,6-8H2,1-2H3. The van der Waals surface area contributed by atoms with Gasteiger partial charge in [-0.2, -0.15) is 0 Å². The van der Waals surface area contributed by atoms with Crippen LogP contribution in [0.1, 0.15) is 49.2 Å². The minimum absolute atomic E-state index is 0.292. The Balaban J connectivity index is 2.09. The number of nitrogens with zero attached hydrogens (tertiary/aromatic N) is 2. The zero-order valence-electron chi connectivity index (χ0n) is 13.6. The fourth-order valence-corrected chi connectivity index (χ4v) is 2.06. The van der Waals surface area contributed by atoms with E-state index in [1.807, 2.05) is 25.1 Å². The van der Waals surface area contributed by atoms with Crippen molar-refractivity contribution in [2.75, 3.05) is 0 Å². The highest BCUT2D eigenvalue weighted by Gasteiger charge is 2.01. The third-order valence-electron chi connectivity index (χ3n) is 3.42. The van der Waals surface area contributed by atoms with Crippen molar-refractivity contribution in [2.24, 2.45) is 0 Å². The smallest absolute Gasteiger partial charge is 0.139 e. The molecule has 3 heteroatoms. The molecule has 2 nitrogen and oxygen atoms in total. The third kappa shape index (κ3) is 5.34. The summed E-state index contributed by atoms with van der Waals surface area (Å²) in [6.07, 6.45) is 11.2. The van der Waals surface area contributed by atoms with Crippen molar-refractivity contribution in [3.63, 3.8) is 0 Å². The molecule has 2 rings (SSSR count). The van der Waals surface area contributed by atoms with Crippen LogP contribution >= 0.6 is 0 Å². The molecular formula is C20H21FN2. The van der Waals surface area contributed by atoms with Gasteiger partial charge in [0.15, 0.2) is 0 Å². The van der Waals surface area contributed by atoms with Crippen LogP contribution in [0.4, 0.5) is 4.39 Å². The molecule has 0 amide bonds. The van der Waals surface area contributed by atoms with Gasteiger partial charge in [-0.3, -0.25) is 0 Å². The summed E-state index contributed by atoms with van der Waals surface area (Å²) in [5.74, 6) is 6.31. The Labute approximate surface area is 137 Å². The lowest BCUT2D eigenvalue weighted by atomic mass is 10.1. The molecular weight excluding hydrogens is 287 g/mol. The van der Waals surface area contributed by atoms with Crippen molar-refractivity contribution in [1.82, 2.24) is 9.97 Å². The van der Waals surface area contributed by atoms with Crippen LogP contribution in [0.2, 0.25) is 0 Å². The first kappa shape index (κ1) is 16.9. The van der Waals surface area contributed by atoms with Crippen LogP contribution in [0.25, 0.3) is 0 Å². The van der Waals surface area contributed by atoms with Gasteiger partial charge in [0.05, 0.1) is 11.1 Å². The summed E-state index contributed by atoms with van der Waals surface area (Å²) in [6.45, 7) is 4.09. The van der Waals surface area contributed by atoms with E-state index in [4.69, 9.17) is 0 Å². The molecule has 0 aliphatic rings. The van der Waals surface area contributed by atoms with Gasteiger partial charge in [-0.25, -0.2) is 14.4 Å². The van der Waals surface area contributed by atoms with Crippen molar-refractivity contribution >= 4 is 0 Å². The molecule has 0 N–H and O–H groups in total. The summed E-state index contributed by atoms with van der Waals surface area (Å²) in [5, 5.41) is 0. The molecule has 118 valence electrons. The first-order chi connectivity index (χ1) is 11.2. The molecule has 1 aromatic carbocycles. The maximum atomic E-state index is 14.0. The Morgan fingerprint density at radius 1 is 1.17 bits per heavy atom. The molecule has 0 unspecified atom stereocenters. The molecule has 23 heavy (non-hydrogen) atoms. The fraction of sp³-hybridized carbons (Fsp3) is 0.300. The van der Waals surface area contributed by atoms with E-state index >= 15 is 0 Å². The van der Waals surface area contributed by atoms with Crippen molar-refractivity contribution in [2.45, 2.75) is 39.5 Å². The zero-order chi connectivity index (χ0) is 16.5. The first-order valence-electron chi connectivity index (χ1n) is 7.95. The maximum absolute atomic E-state index is 14.0. The van der Waals surface area contributed by atoms with Gasteiger partial charge in [0, 0.05) is 18.8 Å². The van der Waals surface area contributed by atoms with Gasteiger partial charge in [0.2, 0.25) is 0 Å². The molecule has 1 heterocycles. The van der Waals surface area contributed by atoms with Gasteiger partial charge >= 0.3 is 0 Å². The van der Waals surface area contributed by atoms with E-state index in [9.17, 15) is 4.39 Å². The SMILES string of the molecule is CC=CCc1ccc(C#Cc2cnc(CCCC)nc2)c(F)c1. The van der Waals surface area contributed by atoms with E-state index in [2.05, 4.69) is 28.7 Å². The van der Waals surface area contributed by atoms with E-state index in [0.29, 0.717) is 11.1 Å². The average Bonchev–Trinajstić information content (AvgIpc) is 2.58. The van der Waals surface area contributed by atoms with Crippen LogP contribution in [0.15, 0.2) is 42.7 Å². The quantitative estimate of drug-likeness (QED) is 0.601. The first-order valence-corrected chi connectivity index (χ1v) is 7.95. The molecule has 2 aromatic rings. The Morgan fingerprint density at radius 2 is 1.96 bits per heavy atom. The zero-order valence-corrected chi connectivity index (χ0v) is 13.6. The van der Waals surface area contributed by atoms with Gasteiger partial charge < -0.3 is 0 Å². The summed E-state index contributed by atoms with van der Waals surface area (Å²) in [7, 11) is 0. The van der Waals surface area contributed by atoms with Crippen molar-refractivity contribution in [3.05, 3.63) is 71.1 Å². The summed E-state index contributed by atoms with van der Waals surface area (Å²) >= 11 is 0. The number of hydrogen-bond acceptors (Lipinski definition) is 2. The largest absolute Gasteiger partial charge is 0.240 e. The number of allylic oxidation sites excluding steroid dienone is 2.